The number of nitrogens with zero attached hydrogens (tertiary/aromatic N) is 1. The molecular weight excluding hydrogens is 782 g/mol. The minimum Gasteiger partial charge on any atom is -0.444 e. The van der Waals surface area contributed by atoms with Gasteiger partial charge in [0.25, 0.3) is 11.8 Å². The molecule has 5 N–H and O–H groups in total. The Bertz CT molecular complexity index is 1530. The molecule has 18 nitrogen and oxygen atoms in total. The van der Waals surface area contributed by atoms with E-state index in [9.17, 15) is 38.7 Å². The Hall–Kier alpha value is -4.75. The molecule has 6 amide bonds. The third kappa shape index (κ3) is 22.6. The smallest absolute Gasteiger partial charge is 0.407 e. The van der Waals surface area contributed by atoms with Gasteiger partial charge in [-0.25, -0.2) is 4.79 Å². The van der Waals surface area contributed by atoms with Crippen molar-refractivity contribution in [2.24, 2.45) is 11.8 Å². The number of alkyl carbamates (subject to hydrolysis) is 1. The van der Waals surface area contributed by atoms with Crippen LogP contribution in [-0.2, 0) is 59.1 Å². The second-order valence-electron chi connectivity index (χ2n) is 15.4. The Labute approximate surface area is 352 Å². The number of benzene rings is 1. The summed E-state index contributed by atoms with van der Waals surface area (Å²) in [4.78, 5) is 87.7. The number of aliphatic hydroxyl groups is 1. The molecule has 0 saturated heterocycles. The monoisotopic (exact) mass is 847 g/mol. The van der Waals surface area contributed by atoms with E-state index in [2.05, 4.69) is 21.3 Å². The molecular formula is C42H65N5O13. The van der Waals surface area contributed by atoms with Gasteiger partial charge in [0.1, 0.15) is 5.60 Å². The summed E-state index contributed by atoms with van der Waals surface area (Å²) in [6.07, 6.45) is 3.25. The van der Waals surface area contributed by atoms with E-state index in [0.717, 1.165) is 4.90 Å². The molecule has 0 saturated carbocycles. The summed E-state index contributed by atoms with van der Waals surface area (Å²) in [5.41, 5.74) is 0.595. The van der Waals surface area contributed by atoms with E-state index >= 15 is 0 Å². The highest BCUT2D eigenvalue weighted by Gasteiger charge is 2.30. The summed E-state index contributed by atoms with van der Waals surface area (Å²) in [5, 5.41) is 20.4. The lowest BCUT2D eigenvalue weighted by atomic mass is 9.89. The molecule has 0 radical (unpaired) electrons. The Morgan fingerprint density at radius 1 is 0.733 bits per heavy atom. The topological polar surface area (TPSA) is 237 Å². The largest absolute Gasteiger partial charge is 0.444 e. The van der Waals surface area contributed by atoms with E-state index in [1.54, 1.807) is 45.0 Å². The van der Waals surface area contributed by atoms with E-state index in [-0.39, 0.29) is 94.8 Å². The molecule has 0 aliphatic carbocycles. The lowest BCUT2D eigenvalue weighted by molar-refractivity contribution is -0.137. The van der Waals surface area contributed by atoms with Crippen molar-refractivity contribution in [2.75, 3.05) is 77.8 Å². The molecule has 60 heavy (non-hydrogen) atoms. The summed E-state index contributed by atoms with van der Waals surface area (Å²) in [6, 6.07) is 5.94. The highest BCUT2D eigenvalue weighted by molar-refractivity contribution is 6.13. The van der Waals surface area contributed by atoms with Crippen molar-refractivity contribution in [1.82, 2.24) is 20.9 Å². The van der Waals surface area contributed by atoms with Crippen molar-refractivity contribution < 1.29 is 62.4 Å². The molecule has 1 aliphatic heterocycles. The van der Waals surface area contributed by atoms with Gasteiger partial charge in [0.15, 0.2) is 5.78 Å². The average Bonchev–Trinajstić information content (AvgIpc) is 3.51. The SMILES string of the molecule is CC(C)[C@H](NC(=O)CCOCCOCCOCCOCCNC(=O)CCN1C(=O)C=CC1=O)C(=O)C[C@@H](CCCCNC(=O)OC(C)(C)C)C(=O)Nc1ccc(CO)cc1. The maximum Gasteiger partial charge on any atom is 0.407 e. The minimum absolute atomic E-state index is 0.0160. The van der Waals surface area contributed by atoms with Crippen molar-refractivity contribution in [2.45, 2.75) is 91.4 Å². The van der Waals surface area contributed by atoms with Crippen LogP contribution < -0.4 is 21.3 Å². The Kier molecular flexibility index (Phi) is 24.6. The van der Waals surface area contributed by atoms with E-state index in [4.69, 9.17) is 23.7 Å². The number of nitrogens with one attached hydrogen (secondary N) is 4. The number of ketones is 1. The molecule has 0 unspecified atom stereocenters. The number of hydrogen-bond donors (Lipinski definition) is 5. The van der Waals surface area contributed by atoms with Crippen molar-refractivity contribution in [1.29, 1.82) is 0 Å². The number of imide groups is 1. The fourth-order valence-corrected chi connectivity index (χ4v) is 5.66. The number of carbonyl (C=O) groups is 7. The second-order valence-corrected chi connectivity index (χ2v) is 15.4. The third-order valence-corrected chi connectivity index (χ3v) is 8.82. The molecule has 1 heterocycles. The van der Waals surface area contributed by atoms with Crippen LogP contribution in [0.2, 0.25) is 0 Å². The number of aliphatic hydroxyl groups excluding tert-OH is 1. The molecule has 336 valence electrons. The number of unbranched alkanes of at least 4 members (excludes halogenated alkanes) is 1. The molecule has 0 fully saturated rings. The third-order valence-electron chi connectivity index (χ3n) is 8.82. The zero-order valence-corrected chi connectivity index (χ0v) is 35.7. The normalized spacial score (nSPS) is 13.6. The summed E-state index contributed by atoms with van der Waals surface area (Å²) in [5.74, 6) is -3.03. The minimum atomic E-state index is -0.809. The summed E-state index contributed by atoms with van der Waals surface area (Å²) >= 11 is 0. The molecule has 0 bridgehead atoms. The van der Waals surface area contributed by atoms with Crippen LogP contribution in [0.25, 0.3) is 0 Å². The lowest BCUT2D eigenvalue weighted by Crippen LogP contribution is -2.45. The molecule has 0 aromatic heterocycles. The number of carbonyl (C=O) groups excluding carboxylic acids is 7. The van der Waals surface area contributed by atoms with Gasteiger partial charge in [-0.15, -0.1) is 0 Å². The number of rotatable bonds is 31. The number of Topliss-reactive ketones (excluding diaryl/α,β-unsaturated/α-hetero) is 1. The highest BCUT2D eigenvalue weighted by Crippen LogP contribution is 2.20. The molecule has 2 rings (SSSR count). The maximum atomic E-state index is 13.6. The molecule has 0 spiro atoms. The van der Waals surface area contributed by atoms with Crippen LogP contribution in [0.15, 0.2) is 36.4 Å². The summed E-state index contributed by atoms with van der Waals surface area (Å²) in [7, 11) is 0. The van der Waals surface area contributed by atoms with Crippen molar-refractivity contribution >= 4 is 47.1 Å². The van der Waals surface area contributed by atoms with Gasteiger partial charge in [-0.3, -0.25) is 33.7 Å². The van der Waals surface area contributed by atoms with Gasteiger partial charge in [-0.2, -0.15) is 0 Å². The highest BCUT2D eigenvalue weighted by atomic mass is 16.6. The van der Waals surface area contributed by atoms with Crippen molar-refractivity contribution in [3.05, 3.63) is 42.0 Å². The fourth-order valence-electron chi connectivity index (χ4n) is 5.66. The Morgan fingerprint density at radius 2 is 1.32 bits per heavy atom. The molecule has 1 aromatic rings. The van der Waals surface area contributed by atoms with E-state index in [0.29, 0.717) is 63.5 Å². The maximum absolute atomic E-state index is 13.6. The Morgan fingerprint density at radius 3 is 1.88 bits per heavy atom. The van der Waals surface area contributed by atoms with E-state index in [1.807, 2.05) is 13.8 Å². The van der Waals surface area contributed by atoms with Crippen molar-refractivity contribution in [3.63, 3.8) is 0 Å². The zero-order chi connectivity index (χ0) is 44.3. The number of anilines is 1. The average molecular weight is 848 g/mol. The van der Waals surface area contributed by atoms with Crippen LogP contribution in [0.3, 0.4) is 0 Å². The van der Waals surface area contributed by atoms with Gasteiger partial charge in [0, 0.05) is 62.7 Å². The molecule has 1 aromatic carbocycles. The molecule has 2 atom stereocenters. The van der Waals surface area contributed by atoms with Crippen LogP contribution in [0.5, 0.6) is 0 Å². The Balaban J connectivity index is 1.62. The van der Waals surface area contributed by atoms with Crippen LogP contribution in [0.1, 0.15) is 78.7 Å². The predicted octanol–water partition coefficient (Wildman–Crippen LogP) is 2.42. The van der Waals surface area contributed by atoms with Crippen molar-refractivity contribution in [3.8, 4) is 0 Å². The lowest BCUT2D eigenvalue weighted by Gasteiger charge is -2.24. The van der Waals surface area contributed by atoms with Gasteiger partial charge in [0.2, 0.25) is 17.7 Å². The van der Waals surface area contributed by atoms with Gasteiger partial charge in [0.05, 0.1) is 65.5 Å². The van der Waals surface area contributed by atoms with Gasteiger partial charge >= 0.3 is 6.09 Å². The predicted molar refractivity (Wildman–Crippen MR) is 220 cm³/mol. The summed E-state index contributed by atoms with van der Waals surface area (Å²) < 4.78 is 27.1. The quantitative estimate of drug-likeness (QED) is 0.0534. The number of hydrogen-bond acceptors (Lipinski definition) is 13. The first-order chi connectivity index (χ1) is 28.6. The van der Waals surface area contributed by atoms with E-state index < -0.39 is 35.5 Å². The van der Waals surface area contributed by atoms with Crippen LogP contribution in [0.4, 0.5) is 10.5 Å². The van der Waals surface area contributed by atoms with Crippen LogP contribution in [0, 0.1) is 11.8 Å². The fraction of sp³-hybridized carbons (Fsp3) is 0.643. The summed E-state index contributed by atoms with van der Waals surface area (Å²) in [6.45, 7) is 11.7. The van der Waals surface area contributed by atoms with Crippen LogP contribution >= 0.6 is 0 Å². The zero-order valence-electron chi connectivity index (χ0n) is 35.7. The first-order valence-corrected chi connectivity index (χ1v) is 20.5. The first kappa shape index (κ1) is 51.4. The number of amides is 6. The van der Waals surface area contributed by atoms with E-state index in [1.165, 1.54) is 12.2 Å². The standard InChI is InChI=1S/C42H65N5O13/c1-30(2)39(34(49)28-32(8-6-7-17-44-41(55)60-42(3,4)5)40(54)45-33-11-9-31(29-48)10-12-33)46-36(51)16-20-56-22-24-58-26-27-59-25-23-57-21-18-43-35(50)15-19-47-37(52)13-14-38(47)53/h9-14,30,32,39,48H,6-8,15-29H2,1-5H3,(H,43,50)(H,44,55)(H,45,54)(H,46,51)/t32-,39+/m1/s1. The second kappa shape index (κ2) is 28.7. The van der Waals surface area contributed by atoms with Gasteiger partial charge in [-0.05, 0) is 57.2 Å². The van der Waals surface area contributed by atoms with Gasteiger partial charge < -0.3 is 50.1 Å². The number of ether oxygens (including phenoxy) is 5. The van der Waals surface area contributed by atoms with Crippen LogP contribution in [-0.4, -0.2) is 136 Å². The molecule has 1 aliphatic rings. The first-order valence-electron chi connectivity index (χ1n) is 20.5. The molecule has 18 heteroatoms. The van der Waals surface area contributed by atoms with Gasteiger partial charge in [-0.1, -0.05) is 32.4 Å².